The number of nitrogens with one attached hydrogen (secondary N) is 1. The standard InChI is InChI=1S/C10H13FN2O4/c11-8-3-12-2-1-7(8)9(17)13-10(4-14,5-15)6-16/h1-3,14-16H,4-6H2,(H,13,17). The number of carbonyl (C=O) groups excluding carboxylic acids is 1. The summed E-state index contributed by atoms with van der Waals surface area (Å²) in [5, 5.41) is 29.2. The second-order valence-electron chi connectivity index (χ2n) is 3.56. The van der Waals surface area contributed by atoms with E-state index in [0.717, 1.165) is 12.3 Å². The average Bonchev–Trinajstić information content (AvgIpc) is 2.36. The van der Waals surface area contributed by atoms with Gasteiger partial charge in [-0.15, -0.1) is 0 Å². The van der Waals surface area contributed by atoms with Crippen molar-refractivity contribution in [2.75, 3.05) is 19.8 Å². The summed E-state index contributed by atoms with van der Waals surface area (Å²) in [4.78, 5) is 15.1. The minimum absolute atomic E-state index is 0.278. The summed E-state index contributed by atoms with van der Waals surface area (Å²) in [5.74, 6) is -1.67. The summed E-state index contributed by atoms with van der Waals surface area (Å²) in [5.41, 5.74) is -1.85. The van der Waals surface area contributed by atoms with Crippen molar-refractivity contribution in [2.24, 2.45) is 0 Å². The van der Waals surface area contributed by atoms with Crippen LogP contribution in [0.4, 0.5) is 4.39 Å². The fourth-order valence-electron chi connectivity index (χ4n) is 1.14. The van der Waals surface area contributed by atoms with Crippen LogP contribution in [0.2, 0.25) is 0 Å². The highest BCUT2D eigenvalue weighted by atomic mass is 19.1. The second-order valence-corrected chi connectivity index (χ2v) is 3.56. The summed E-state index contributed by atoms with van der Waals surface area (Å²) in [6.45, 7) is -2.00. The molecule has 0 atom stereocenters. The lowest BCUT2D eigenvalue weighted by atomic mass is 10.0. The van der Waals surface area contributed by atoms with Crippen molar-refractivity contribution in [1.82, 2.24) is 10.3 Å². The van der Waals surface area contributed by atoms with Gasteiger partial charge in [0.2, 0.25) is 0 Å². The normalized spacial score (nSPS) is 11.3. The van der Waals surface area contributed by atoms with Crippen LogP contribution in [0.5, 0.6) is 0 Å². The molecule has 1 aromatic rings. The molecule has 0 bridgehead atoms. The lowest BCUT2D eigenvalue weighted by Gasteiger charge is -2.28. The highest BCUT2D eigenvalue weighted by Crippen LogP contribution is 2.08. The van der Waals surface area contributed by atoms with Crippen LogP contribution >= 0.6 is 0 Å². The Balaban J connectivity index is 2.89. The molecule has 1 heterocycles. The van der Waals surface area contributed by atoms with E-state index in [0.29, 0.717) is 0 Å². The van der Waals surface area contributed by atoms with Gasteiger partial charge in [-0.25, -0.2) is 4.39 Å². The average molecular weight is 244 g/mol. The SMILES string of the molecule is O=C(NC(CO)(CO)CO)c1ccncc1F. The summed E-state index contributed by atoms with van der Waals surface area (Å²) in [6, 6.07) is 1.15. The summed E-state index contributed by atoms with van der Waals surface area (Å²) in [6.07, 6.45) is 2.10. The van der Waals surface area contributed by atoms with E-state index in [2.05, 4.69) is 10.3 Å². The Morgan fingerprint density at radius 3 is 2.41 bits per heavy atom. The molecule has 94 valence electrons. The highest BCUT2D eigenvalue weighted by Gasteiger charge is 2.31. The summed E-state index contributed by atoms with van der Waals surface area (Å²) in [7, 11) is 0. The third-order valence-electron chi connectivity index (χ3n) is 2.30. The minimum Gasteiger partial charge on any atom is -0.394 e. The lowest BCUT2D eigenvalue weighted by molar-refractivity contribution is 0.0373. The third kappa shape index (κ3) is 2.96. The van der Waals surface area contributed by atoms with Gasteiger partial charge in [0.15, 0.2) is 5.82 Å². The zero-order chi connectivity index (χ0) is 12.9. The Hall–Kier alpha value is -1.57. The number of rotatable bonds is 5. The maximum atomic E-state index is 13.2. The summed E-state index contributed by atoms with van der Waals surface area (Å²) >= 11 is 0. The predicted molar refractivity (Wildman–Crippen MR) is 55.6 cm³/mol. The van der Waals surface area contributed by atoms with Gasteiger partial charge in [-0.2, -0.15) is 0 Å². The van der Waals surface area contributed by atoms with Crippen molar-refractivity contribution >= 4 is 5.91 Å². The van der Waals surface area contributed by atoms with Gasteiger partial charge in [-0.3, -0.25) is 9.78 Å². The van der Waals surface area contributed by atoms with Crippen molar-refractivity contribution < 1.29 is 24.5 Å². The van der Waals surface area contributed by atoms with Crippen LogP contribution in [-0.2, 0) is 0 Å². The Kier molecular flexibility index (Phi) is 4.50. The molecule has 6 nitrogen and oxygen atoms in total. The first-order valence-corrected chi connectivity index (χ1v) is 4.83. The van der Waals surface area contributed by atoms with E-state index in [9.17, 15) is 9.18 Å². The maximum absolute atomic E-state index is 13.2. The smallest absolute Gasteiger partial charge is 0.255 e. The van der Waals surface area contributed by atoms with E-state index in [1.165, 1.54) is 6.20 Å². The van der Waals surface area contributed by atoms with Gasteiger partial charge in [-0.1, -0.05) is 0 Å². The van der Waals surface area contributed by atoms with Crippen molar-refractivity contribution in [3.63, 3.8) is 0 Å². The number of pyridine rings is 1. The first-order valence-electron chi connectivity index (χ1n) is 4.83. The fourth-order valence-corrected chi connectivity index (χ4v) is 1.14. The van der Waals surface area contributed by atoms with Crippen molar-refractivity contribution in [2.45, 2.75) is 5.54 Å². The molecule has 1 amide bonds. The number of hydrogen-bond donors (Lipinski definition) is 4. The number of aromatic nitrogens is 1. The van der Waals surface area contributed by atoms with Crippen molar-refractivity contribution in [1.29, 1.82) is 0 Å². The Morgan fingerprint density at radius 1 is 1.35 bits per heavy atom. The monoisotopic (exact) mass is 244 g/mol. The van der Waals surface area contributed by atoms with Gasteiger partial charge in [0.05, 0.1) is 31.6 Å². The summed E-state index contributed by atoms with van der Waals surface area (Å²) < 4.78 is 13.2. The second kappa shape index (κ2) is 5.67. The van der Waals surface area contributed by atoms with Crippen LogP contribution in [0.15, 0.2) is 18.5 Å². The van der Waals surface area contributed by atoms with Crippen molar-refractivity contribution in [3.05, 3.63) is 29.8 Å². The number of carbonyl (C=O) groups is 1. The van der Waals surface area contributed by atoms with E-state index in [1.54, 1.807) is 0 Å². The van der Waals surface area contributed by atoms with Gasteiger partial charge in [0.1, 0.15) is 5.54 Å². The third-order valence-corrected chi connectivity index (χ3v) is 2.30. The largest absolute Gasteiger partial charge is 0.394 e. The molecule has 1 aromatic heterocycles. The van der Waals surface area contributed by atoms with Crippen LogP contribution in [0.25, 0.3) is 0 Å². The van der Waals surface area contributed by atoms with E-state index < -0.39 is 37.1 Å². The molecule has 0 aliphatic rings. The molecular weight excluding hydrogens is 231 g/mol. The van der Waals surface area contributed by atoms with E-state index >= 15 is 0 Å². The lowest BCUT2D eigenvalue weighted by Crippen LogP contribution is -2.57. The van der Waals surface area contributed by atoms with Gasteiger partial charge >= 0.3 is 0 Å². The van der Waals surface area contributed by atoms with E-state index in [1.807, 2.05) is 0 Å². The van der Waals surface area contributed by atoms with Crippen LogP contribution in [0.3, 0.4) is 0 Å². The van der Waals surface area contributed by atoms with Crippen molar-refractivity contribution in [3.8, 4) is 0 Å². The molecule has 0 unspecified atom stereocenters. The number of nitrogens with zero attached hydrogens (tertiary/aromatic N) is 1. The molecule has 4 N–H and O–H groups in total. The predicted octanol–water partition coefficient (Wildman–Crippen LogP) is -1.33. The van der Waals surface area contributed by atoms with Crippen LogP contribution < -0.4 is 5.32 Å². The molecule has 0 aliphatic carbocycles. The zero-order valence-corrected chi connectivity index (χ0v) is 8.93. The Labute approximate surface area is 96.7 Å². The minimum atomic E-state index is -1.58. The zero-order valence-electron chi connectivity index (χ0n) is 8.93. The topological polar surface area (TPSA) is 103 Å². The number of amides is 1. The molecular formula is C10H13FN2O4. The molecule has 0 spiro atoms. The molecule has 0 fully saturated rings. The molecule has 0 radical (unpaired) electrons. The van der Waals surface area contributed by atoms with Crippen LogP contribution in [0.1, 0.15) is 10.4 Å². The van der Waals surface area contributed by atoms with Gasteiger partial charge in [0.25, 0.3) is 5.91 Å². The fraction of sp³-hybridized carbons (Fsp3) is 0.400. The van der Waals surface area contributed by atoms with E-state index in [4.69, 9.17) is 15.3 Å². The highest BCUT2D eigenvalue weighted by molar-refractivity contribution is 5.94. The van der Waals surface area contributed by atoms with Crippen LogP contribution in [-0.4, -0.2) is 51.6 Å². The van der Waals surface area contributed by atoms with Gasteiger partial charge in [-0.05, 0) is 6.07 Å². The number of halogens is 1. The molecule has 1 rings (SSSR count). The molecule has 7 heteroatoms. The maximum Gasteiger partial charge on any atom is 0.255 e. The molecule has 0 aromatic carbocycles. The van der Waals surface area contributed by atoms with Gasteiger partial charge in [0, 0.05) is 6.20 Å². The first kappa shape index (κ1) is 13.5. The first-order chi connectivity index (χ1) is 8.08. The molecule has 0 aliphatic heterocycles. The quantitative estimate of drug-likeness (QED) is 0.513. The number of aliphatic hydroxyl groups is 3. The molecule has 17 heavy (non-hydrogen) atoms. The number of aliphatic hydroxyl groups excluding tert-OH is 3. The Morgan fingerprint density at radius 2 is 1.94 bits per heavy atom. The molecule has 0 saturated carbocycles. The Bertz CT molecular complexity index is 387. The molecule has 0 saturated heterocycles. The number of hydrogen-bond acceptors (Lipinski definition) is 5. The van der Waals surface area contributed by atoms with Crippen LogP contribution in [0, 0.1) is 5.82 Å². The van der Waals surface area contributed by atoms with Gasteiger partial charge < -0.3 is 20.6 Å². The van der Waals surface area contributed by atoms with E-state index in [-0.39, 0.29) is 5.56 Å².